The van der Waals surface area contributed by atoms with Crippen LogP contribution in [-0.2, 0) is 13.0 Å². The van der Waals surface area contributed by atoms with Crippen molar-refractivity contribution in [1.29, 1.82) is 0 Å². The Hall–Kier alpha value is -1.69. The molecular formula is C16H20N4OS. The van der Waals surface area contributed by atoms with Crippen LogP contribution in [0.4, 0.5) is 0 Å². The molecule has 5 nitrogen and oxygen atoms in total. The van der Waals surface area contributed by atoms with Crippen molar-refractivity contribution < 1.29 is 4.79 Å². The van der Waals surface area contributed by atoms with Crippen LogP contribution in [0.1, 0.15) is 57.8 Å². The molecule has 1 N–H and O–H groups in total. The molecule has 6 heteroatoms. The Balaban J connectivity index is 1.42. The molecule has 0 aromatic carbocycles. The lowest BCUT2D eigenvalue weighted by Gasteiger charge is -2.15. The number of nitrogens with one attached hydrogen (secondary N) is 1. The van der Waals surface area contributed by atoms with Crippen molar-refractivity contribution in [2.75, 3.05) is 0 Å². The number of thiophene rings is 1. The minimum atomic E-state index is 0.0585. The van der Waals surface area contributed by atoms with Gasteiger partial charge in [-0.15, -0.1) is 21.5 Å². The number of nitrogens with zero attached hydrogens (tertiary/aromatic N) is 3. The Morgan fingerprint density at radius 2 is 2.14 bits per heavy atom. The molecule has 2 aromatic heterocycles. The van der Waals surface area contributed by atoms with Crippen LogP contribution in [0.25, 0.3) is 0 Å². The Labute approximate surface area is 133 Å². The maximum absolute atomic E-state index is 12.3. The van der Waals surface area contributed by atoms with Gasteiger partial charge in [-0.1, -0.05) is 0 Å². The van der Waals surface area contributed by atoms with Gasteiger partial charge in [0.25, 0.3) is 5.91 Å². The fourth-order valence-electron chi connectivity index (χ4n) is 3.11. The monoisotopic (exact) mass is 316 g/mol. The van der Waals surface area contributed by atoms with Gasteiger partial charge >= 0.3 is 0 Å². The van der Waals surface area contributed by atoms with E-state index in [1.807, 2.05) is 19.1 Å². The zero-order chi connectivity index (χ0) is 15.1. The molecule has 1 fully saturated rings. The average molecular weight is 316 g/mol. The summed E-state index contributed by atoms with van der Waals surface area (Å²) in [7, 11) is 0. The van der Waals surface area contributed by atoms with Crippen LogP contribution < -0.4 is 5.32 Å². The van der Waals surface area contributed by atoms with Gasteiger partial charge in [0.15, 0.2) is 0 Å². The summed E-state index contributed by atoms with van der Waals surface area (Å²) in [5.74, 6) is 2.94. The highest BCUT2D eigenvalue weighted by Gasteiger charge is 2.31. The molecule has 1 amide bonds. The number of carbonyl (C=O) groups is 1. The van der Waals surface area contributed by atoms with Crippen LogP contribution in [0.3, 0.4) is 0 Å². The summed E-state index contributed by atoms with van der Waals surface area (Å²) in [4.78, 5) is 14.3. The van der Waals surface area contributed by atoms with E-state index in [1.54, 1.807) is 11.3 Å². The SMILES string of the molecule is Cc1ccc(C(=O)NC2CCc3nnc(C4CC4)n3CC2)s1. The normalized spacial score (nSPS) is 21.2. The van der Waals surface area contributed by atoms with E-state index in [0.29, 0.717) is 5.92 Å². The molecule has 0 saturated heterocycles. The summed E-state index contributed by atoms with van der Waals surface area (Å²) in [6.45, 7) is 2.95. The smallest absolute Gasteiger partial charge is 0.261 e. The van der Waals surface area contributed by atoms with E-state index in [1.165, 1.54) is 17.7 Å². The third kappa shape index (κ3) is 2.67. The van der Waals surface area contributed by atoms with Gasteiger partial charge in [-0.05, 0) is 44.7 Å². The van der Waals surface area contributed by atoms with Gasteiger partial charge in [0.05, 0.1) is 4.88 Å². The molecule has 4 rings (SSSR count). The van der Waals surface area contributed by atoms with Gasteiger partial charge in [0.1, 0.15) is 11.6 Å². The van der Waals surface area contributed by atoms with Gasteiger partial charge < -0.3 is 9.88 Å². The Bertz CT molecular complexity index is 701. The van der Waals surface area contributed by atoms with Gasteiger partial charge in [-0.3, -0.25) is 4.79 Å². The van der Waals surface area contributed by atoms with Gasteiger partial charge in [0, 0.05) is 29.8 Å². The van der Waals surface area contributed by atoms with E-state index in [4.69, 9.17) is 0 Å². The van der Waals surface area contributed by atoms with E-state index < -0.39 is 0 Å². The number of amides is 1. The first-order valence-electron chi connectivity index (χ1n) is 8.00. The summed E-state index contributed by atoms with van der Waals surface area (Å²) in [6, 6.07) is 4.13. The van der Waals surface area contributed by atoms with Gasteiger partial charge in [0.2, 0.25) is 0 Å². The largest absolute Gasteiger partial charge is 0.349 e. The fraction of sp³-hybridized carbons (Fsp3) is 0.562. The molecule has 116 valence electrons. The van der Waals surface area contributed by atoms with E-state index in [2.05, 4.69) is 20.1 Å². The fourth-order valence-corrected chi connectivity index (χ4v) is 3.88. The summed E-state index contributed by atoms with van der Waals surface area (Å²) >= 11 is 1.55. The first-order valence-corrected chi connectivity index (χ1v) is 8.81. The van der Waals surface area contributed by atoms with Gasteiger partial charge in [-0.2, -0.15) is 0 Å². The molecule has 22 heavy (non-hydrogen) atoms. The van der Waals surface area contributed by atoms with Crippen LogP contribution in [-0.4, -0.2) is 26.7 Å². The topological polar surface area (TPSA) is 59.8 Å². The quantitative estimate of drug-likeness (QED) is 0.947. The number of aromatic nitrogens is 3. The van der Waals surface area contributed by atoms with Crippen molar-refractivity contribution in [2.24, 2.45) is 0 Å². The zero-order valence-corrected chi connectivity index (χ0v) is 13.5. The minimum Gasteiger partial charge on any atom is -0.349 e. The molecule has 0 radical (unpaired) electrons. The van der Waals surface area contributed by atoms with Crippen LogP contribution >= 0.6 is 11.3 Å². The summed E-state index contributed by atoms with van der Waals surface area (Å²) < 4.78 is 2.29. The molecule has 1 aliphatic heterocycles. The van der Waals surface area contributed by atoms with E-state index in [-0.39, 0.29) is 11.9 Å². The Kier molecular flexibility index (Phi) is 3.48. The second-order valence-electron chi connectivity index (χ2n) is 6.31. The summed E-state index contributed by atoms with van der Waals surface area (Å²) in [6.07, 6.45) is 5.29. The number of hydrogen-bond acceptors (Lipinski definition) is 4. The molecule has 2 aliphatic rings. The summed E-state index contributed by atoms with van der Waals surface area (Å²) in [5, 5.41) is 11.9. The maximum atomic E-state index is 12.3. The highest BCUT2D eigenvalue weighted by Crippen LogP contribution is 2.39. The lowest BCUT2D eigenvalue weighted by atomic mass is 10.1. The predicted octanol–water partition coefficient (Wildman–Crippen LogP) is 2.66. The molecular weight excluding hydrogens is 296 g/mol. The number of rotatable bonds is 3. The van der Waals surface area contributed by atoms with Crippen molar-refractivity contribution in [3.05, 3.63) is 33.5 Å². The average Bonchev–Trinajstić information content (AvgIpc) is 3.18. The lowest BCUT2D eigenvalue weighted by Crippen LogP contribution is -2.34. The maximum Gasteiger partial charge on any atom is 0.261 e. The van der Waals surface area contributed by atoms with Crippen molar-refractivity contribution in [2.45, 2.75) is 57.5 Å². The minimum absolute atomic E-state index is 0.0585. The highest BCUT2D eigenvalue weighted by molar-refractivity contribution is 7.13. The third-order valence-corrected chi connectivity index (χ3v) is 5.51. The molecule has 1 atom stereocenters. The Morgan fingerprint density at radius 3 is 2.86 bits per heavy atom. The first-order chi connectivity index (χ1) is 10.7. The van der Waals surface area contributed by atoms with Crippen LogP contribution in [0, 0.1) is 6.92 Å². The number of aryl methyl sites for hydroxylation is 2. The second-order valence-corrected chi connectivity index (χ2v) is 7.60. The van der Waals surface area contributed by atoms with Crippen molar-refractivity contribution >= 4 is 17.2 Å². The van der Waals surface area contributed by atoms with Crippen LogP contribution in [0.15, 0.2) is 12.1 Å². The lowest BCUT2D eigenvalue weighted by molar-refractivity contribution is 0.0937. The van der Waals surface area contributed by atoms with Gasteiger partial charge in [-0.25, -0.2) is 0 Å². The molecule has 1 unspecified atom stereocenters. The summed E-state index contributed by atoms with van der Waals surface area (Å²) in [5.41, 5.74) is 0. The number of fused-ring (bicyclic) bond motifs is 1. The van der Waals surface area contributed by atoms with E-state index >= 15 is 0 Å². The molecule has 0 spiro atoms. The highest BCUT2D eigenvalue weighted by atomic mass is 32.1. The second kappa shape index (κ2) is 5.50. The molecule has 3 heterocycles. The standard InChI is InChI=1S/C16H20N4OS/c1-10-2-6-13(22-10)16(21)17-12-5-7-14-18-19-15(11-3-4-11)20(14)9-8-12/h2,6,11-12H,3-5,7-9H2,1H3,(H,17,21). The van der Waals surface area contributed by atoms with E-state index in [9.17, 15) is 4.79 Å². The third-order valence-electron chi connectivity index (χ3n) is 4.52. The van der Waals surface area contributed by atoms with Crippen LogP contribution in [0.5, 0.6) is 0 Å². The zero-order valence-electron chi connectivity index (χ0n) is 12.7. The number of hydrogen-bond donors (Lipinski definition) is 1. The Morgan fingerprint density at radius 1 is 1.27 bits per heavy atom. The first kappa shape index (κ1) is 13.9. The predicted molar refractivity (Wildman–Crippen MR) is 85.2 cm³/mol. The van der Waals surface area contributed by atoms with E-state index in [0.717, 1.165) is 42.3 Å². The molecule has 1 saturated carbocycles. The van der Waals surface area contributed by atoms with Crippen LogP contribution in [0.2, 0.25) is 0 Å². The van der Waals surface area contributed by atoms with Crippen molar-refractivity contribution in [1.82, 2.24) is 20.1 Å². The van der Waals surface area contributed by atoms with Crippen molar-refractivity contribution in [3.63, 3.8) is 0 Å². The van der Waals surface area contributed by atoms with Crippen molar-refractivity contribution in [3.8, 4) is 0 Å². The molecule has 1 aliphatic carbocycles. The number of carbonyl (C=O) groups excluding carboxylic acids is 1. The molecule has 0 bridgehead atoms. The molecule has 2 aromatic rings.